The van der Waals surface area contributed by atoms with Gasteiger partial charge in [0, 0.05) is 64.6 Å². The molecule has 220 valence electrons. The SMILES string of the molecule is CCCCN(CCCC)C(=O)CN1CC(c2ccc3c(c2)CCO3)[C@@H](C(=O)O)[C@@H]1CCN1C(=O)CCN(C)C1=O. The molecule has 10 heteroatoms. The maximum Gasteiger partial charge on any atom is 0.326 e. The van der Waals surface area contributed by atoms with Crippen molar-refractivity contribution in [1.82, 2.24) is 19.6 Å². The molecular formula is C30H44N4O6. The van der Waals surface area contributed by atoms with Crippen LogP contribution in [0.25, 0.3) is 0 Å². The third kappa shape index (κ3) is 6.59. The minimum atomic E-state index is -0.927. The molecule has 40 heavy (non-hydrogen) atoms. The van der Waals surface area contributed by atoms with Gasteiger partial charge in [0.25, 0.3) is 0 Å². The number of unbranched alkanes of at least 4 members (excludes halogenated alkanes) is 2. The summed E-state index contributed by atoms with van der Waals surface area (Å²) in [4.78, 5) is 58.3. The smallest absolute Gasteiger partial charge is 0.326 e. The van der Waals surface area contributed by atoms with E-state index in [0.717, 1.165) is 49.0 Å². The molecule has 0 bridgehead atoms. The summed E-state index contributed by atoms with van der Waals surface area (Å²) in [5.74, 6) is -1.42. The molecule has 0 spiro atoms. The fraction of sp³-hybridized carbons (Fsp3) is 0.667. The molecule has 3 heterocycles. The summed E-state index contributed by atoms with van der Waals surface area (Å²) >= 11 is 0. The van der Waals surface area contributed by atoms with Gasteiger partial charge in [0.05, 0.1) is 19.1 Å². The monoisotopic (exact) mass is 556 g/mol. The Hall–Kier alpha value is -3.14. The first-order chi connectivity index (χ1) is 19.2. The molecule has 2 fully saturated rings. The lowest BCUT2D eigenvalue weighted by Gasteiger charge is -2.34. The fourth-order valence-corrected chi connectivity index (χ4v) is 6.25. The molecule has 4 amide bonds. The van der Waals surface area contributed by atoms with Gasteiger partial charge in [-0.05, 0) is 36.5 Å². The molecule has 1 N–H and O–H groups in total. The van der Waals surface area contributed by atoms with Crippen LogP contribution in [0.2, 0.25) is 0 Å². The van der Waals surface area contributed by atoms with Crippen molar-refractivity contribution in [1.29, 1.82) is 0 Å². The average molecular weight is 557 g/mol. The molecule has 0 aromatic heterocycles. The Morgan fingerprint density at radius 2 is 1.82 bits per heavy atom. The number of carboxylic acid groups (broad SMARTS) is 1. The van der Waals surface area contributed by atoms with Gasteiger partial charge in [-0.25, -0.2) is 4.79 Å². The Bertz CT molecular complexity index is 1090. The Labute approximate surface area is 237 Å². The van der Waals surface area contributed by atoms with Gasteiger partial charge < -0.3 is 19.6 Å². The zero-order valence-corrected chi connectivity index (χ0v) is 24.1. The van der Waals surface area contributed by atoms with E-state index in [1.165, 1.54) is 9.80 Å². The zero-order chi connectivity index (χ0) is 28.8. The van der Waals surface area contributed by atoms with Crippen molar-refractivity contribution in [2.45, 2.75) is 70.8 Å². The quantitative estimate of drug-likeness (QED) is 0.397. The third-order valence-electron chi connectivity index (χ3n) is 8.60. The van der Waals surface area contributed by atoms with Crippen molar-refractivity contribution in [3.63, 3.8) is 0 Å². The van der Waals surface area contributed by atoms with Crippen molar-refractivity contribution in [3.05, 3.63) is 29.3 Å². The van der Waals surface area contributed by atoms with Crippen molar-refractivity contribution in [2.75, 3.05) is 52.9 Å². The van der Waals surface area contributed by atoms with E-state index in [-0.39, 0.29) is 43.3 Å². The van der Waals surface area contributed by atoms with Gasteiger partial charge in [-0.2, -0.15) is 0 Å². The molecule has 1 unspecified atom stereocenters. The first-order valence-corrected chi connectivity index (χ1v) is 14.8. The summed E-state index contributed by atoms with van der Waals surface area (Å²) in [6, 6.07) is 5.05. The summed E-state index contributed by atoms with van der Waals surface area (Å²) in [6.45, 7) is 7.24. The van der Waals surface area contributed by atoms with Gasteiger partial charge in [-0.3, -0.25) is 24.2 Å². The topological polar surface area (TPSA) is 111 Å². The minimum Gasteiger partial charge on any atom is -0.493 e. The Morgan fingerprint density at radius 3 is 2.50 bits per heavy atom. The second-order valence-corrected chi connectivity index (χ2v) is 11.3. The van der Waals surface area contributed by atoms with Gasteiger partial charge in [0.15, 0.2) is 0 Å². The number of imide groups is 1. The number of ether oxygens (including phenoxy) is 1. The zero-order valence-electron chi connectivity index (χ0n) is 24.1. The van der Waals surface area contributed by atoms with E-state index in [0.29, 0.717) is 39.2 Å². The fourth-order valence-electron chi connectivity index (χ4n) is 6.25. The highest BCUT2D eigenvalue weighted by atomic mass is 16.5. The van der Waals surface area contributed by atoms with Crippen LogP contribution in [-0.4, -0.2) is 107 Å². The number of carboxylic acids is 1. The Morgan fingerprint density at radius 1 is 1.10 bits per heavy atom. The first-order valence-electron chi connectivity index (χ1n) is 14.8. The number of aliphatic carboxylic acids is 1. The van der Waals surface area contributed by atoms with E-state index in [1.54, 1.807) is 7.05 Å². The highest BCUT2D eigenvalue weighted by Gasteiger charge is 2.48. The predicted octanol–water partition coefficient (Wildman–Crippen LogP) is 3.19. The van der Waals surface area contributed by atoms with Gasteiger partial charge in [0.2, 0.25) is 11.8 Å². The molecule has 2 saturated heterocycles. The number of fused-ring (bicyclic) bond motifs is 1. The van der Waals surface area contributed by atoms with Crippen molar-refractivity contribution in [3.8, 4) is 5.75 Å². The summed E-state index contributed by atoms with van der Waals surface area (Å²) in [5, 5.41) is 10.5. The summed E-state index contributed by atoms with van der Waals surface area (Å²) < 4.78 is 5.66. The number of rotatable bonds is 13. The second kappa shape index (κ2) is 13.5. The van der Waals surface area contributed by atoms with Gasteiger partial charge in [0.1, 0.15) is 5.75 Å². The highest BCUT2D eigenvalue weighted by Crippen LogP contribution is 2.41. The number of amides is 4. The van der Waals surface area contributed by atoms with Crippen molar-refractivity contribution >= 4 is 23.8 Å². The van der Waals surface area contributed by atoms with Crippen LogP contribution in [0.4, 0.5) is 4.79 Å². The van der Waals surface area contributed by atoms with Crippen LogP contribution in [0, 0.1) is 5.92 Å². The lowest BCUT2D eigenvalue weighted by Crippen LogP contribution is -2.52. The molecule has 10 nitrogen and oxygen atoms in total. The first kappa shape index (κ1) is 29.8. The van der Waals surface area contributed by atoms with E-state index < -0.39 is 17.9 Å². The molecule has 0 saturated carbocycles. The van der Waals surface area contributed by atoms with Crippen LogP contribution in [0.5, 0.6) is 5.75 Å². The maximum absolute atomic E-state index is 13.6. The van der Waals surface area contributed by atoms with Gasteiger partial charge >= 0.3 is 12.0 Å². The molecule has 3 aliphatic rings. The molecule has 1 aromatic carbocycles. The highest BCUT2D eigenvalue weighted by molar-refractivity contribution is 5.96. The number of carbonyl (C=O) groups excluding carboxylic acids is 3. The van der Waals surface area contributed by atoms with Crippen LogP contribution in [-0.2, 0) is 20.8 Å². The van der Waals surface area contributed by atoms with E-state index >= 15 is 0 Å². The van der Waals surface area contributed by atoms with Gasteiger partial charge in [-0.1, -0.05) is 38.8 Å². The van der Waals surface area contributed by atoms with Crippen molar-refractivity contribution in [2.24, 2.45) is 5.92 Å². The number of hydrogen-bond acceptors (Lipinski definition) is 6. The molecular weight excluding hydrogens is 512 g/mol. The number of urea groups is 1. The average Bonchev–Trinajstić information content (AvgIpc) is 3.55. The van der Waals surface area contributed by atoms with Crippen LogP contribution < -0.4 is 4.74 Å². The minimum absolute atomic E-state index is 0.00361. The maximum atomic E-state index is 13.6. The van der Waals surface area contributed by atoms with Gasteiger partial charge in [-0.15, -0.1) is 0 Å². The number of hydrogen-bond donors (Lipinski definition) is 1. The molecule has 4 rings (SSSR count). The van der Waals surface area contributed by atoms with Crippen LogP contribution in [0.3, 0.4) is 0 Å². The molecule has 1 aromatic rings. The van der Waals surface area contributed by atoms with E-state index in [1.807, 2.05) is 28.0 Å². The lowest BCUT2D eigenvalue weighted by molar-refractivity contribution is -0.144. The summed E-state index contributed by atoms with van der Waals surface area (Å²) in [7, 11) is 1.66. The van der Waals surface area contributed by atoms with Crippen LogP contribution in [0.1, 0.15) is 69.4 Å². The second-order valence-electron chi connectivity index (χ2n) is 11.3. The third-order valence-corrected chi connectivity index (χ3v) is 8.60. The van der Waals surface area contributed by atoms with Crippen LogP contribution in [0.15, 0.2) is 18.2 Å². The summed E-state index contributed by atoms with van der Waals surface area (Å²) in [6.07, 6.45) is 5.15. The number of nitrogens with zero attached hydrogens (tertiary/aromatic N) is 4. The normalized spacial score (nSPS) is 22.9. The van der Waals surface area contributed by atoms with E-state index in [4.69, 9.17) is 4.74 Å². The largest absolute Gasteiger partial charge is 0.493 e. The lowest BCUT2D eigenvalue weighted by atomic mass is 9.83. The molecule has 3 aliphatic heterocycles. The summed E-state index contributed by atoms with van der Waals surface area (Å²) in [5.41, 5.74) is 2.00. The Balaban J connectivity index is 1.60. The molecule has 3 atom stereocenters. The van der Waals surface area contributed by atoms with Crippen molar-refractivity contribution < 1.29 is 29.0 Å². The Kier molecular flexibility index (Phi) is 10.1. The number of carbonyl (C=O) groups is 4. The van der Waals surface area contributed by atoms with Crippen LogP contribution >= 0.6 is 0 Å². The predicted molar refractivity (Wildman–Crippen MR) is 150 cm³/mol. The number of benzene rings is 1. The van der Waals surface area contributed by atoms with E-state index in [9.17, 15) is 24.3 Å². The molecule has 0 radical (unpaired) electrons. The number of likely N-dealkylation sites (tertiary alicyclic amines) is 1. The molecule has 0 aliphatic carbocycles. The van der Waals surface area contributed by atoms with E-state index in [2.05, 4.69) is 13.8 Å². The standard InChI is InChI=1S/C30H44N4O6/c1-4-6-13-32(14-7-5-2)27(36)20-33-19-23(21-8-9-25-22(18-21)12-17-40-25)28(29(37)38)24(33)10-16-34-26(35)11-15-31(3)30(34)39/h8-9,18,23-24,28H,4-7,10-17,19-20H2,1-3H3,(H,37,38)/t23?,24-,28+/m0/s1.